The fourth-order valence-corrected chi connectivity index (χ4v) is 6.62. The maximum absolute atomic E-state index is 13.7. The van der Waals surface area contributed by atoms with E-state index in [1.807, 2.05) is 0 Å². The SMILES string of the molecule is C#Cc1ccc2[nH]c(S(=O)(=O)N3CCN(C(=O)c4ncc(-c5cccc[n+]5[O-])cn4)C(CN4CCOC4=O)C3)cc2c1. The van der Waals surface area contributed by atoms with Crippen molar-refractivity contribution in [2.75, 3.05) is 39.3 Å². The molecule has 42 heavy (non-hydrogen) atoms. The Bertz CT molecular complexity index is 1830. The molecule has 2 amide bonds. The molecule has 14 heteroatoms. The van der Waals surface area contributed by atoms with Crippen molar-refractivity contribution in [3.63, 3.8) is 0 Å². The highest BCUT2D eigenvalue weighted by Gasteiger charge is 2.40. The molecule has 2 aliphatic heterocycles. The zero-order valence-corrected chi connectivity index (χ0v) is 23.0. The molecule has 13 nitrogen and oxygen atoms in total. The van der Waals surface area contributed by atoms with Crippen LogP contribution in [-0.2, 0) is 14.8 Å². The van der Waals surface area contributed by atoms with Gasteiger partial charge >= 0.3 is 6.09 Å². The molecule has 3 aromatic heterocycles. The predicted molar refractivity (Wildman–Crippen MR) is 149 cm³/mol. The second-order valence-corrected chi connectivity index (χ2v) is 11.8. The van der Waals surface area contributed by atoms with Gasteiger partial charge in [-0.15, -0.1) is 6.42 Å². The van der Waals surface area contributed by atoms with Crippen LogP contribution in [0.25, 0.3) is 22.2 Å². The number of carbonyl (C=O) groups is 2. The Hall–Kier alpha value is -5.00. The van der Waals surface area contributed by atoms with Crippen molar-refractivity contribution in [3.8, 4) is 23.6 Å². The number of terminal acetylenes is 1. The molecular formula is C28H25N7O6S. The molecule has 214 valence electrons. The molecule has 6 rings (SSSR count). The largest absolute Gasteiger partial charge is 0.618 e. The molecule has 1 atom stereocenters. The number of nitrogens with one attached hydrogen (secondary N) is 1. The summed E-state index contributed by atoms with van der Waals surface area (Å²) in [5.41, 5.74) is 2.01. The Kier molecular flexibility index (Phi) is 6.97. The third-order valence-electron chi connectivity index (χ3n) is 7.33. The van der Waals surface area contributed by atoms with Gasteiger partial charge in [0.15, 0.2) is 6.20 Å². The summed E-state index contributed by atoms with van der Waals surface area (Å²) in [5.74, 6) is 1.90. The van der Waals surface area contributed by atoms with E-state index in [0.717, 1.165) is 0 Å². The van der Waals surface area contributed by atoms with Gasteiger partial charge in [-0.2, -0.15) is 9.04 Å². The number of sulfonamides is 1. The van der Waals surface area contributed by atoms with E-state index in [9.17, 15) is 23.2 Å². The molecule has 1 N–H and O–H groups in total. The highest BCUT2D eigenvalue weighted by atomic mass is 32.2. The van der Waals surface area contributed by atoms with Crippen LogP contribution in [0.5, 0.6) is 0 Å². The minimum atomic E-state index is -3.99. The number of hydrogen-bond donors (Lipinski definition) is 1. The number of benzene rings is 1. The lowest BCUT2D eigenvalue weighted by atomic mass is 10.1. The molecule has 2 saturated heterocycles. The van der Waals surface area contributed by atoms with Gasteiger partial charge in [-0.05, 0) is 30.3 Å². The van der Waals surface area contributed by atoms with Crippen molar-refractivity contribution in [1.29, 1.82) is 0 Å². The second kappa shape index (κ2) is 10.8. The Morgan fingerprint density at radius 1 is 1.17 bits per heavy atom. The van der Waals surface area contributed by atoms with Crippen LogP contribution in [0.2, 0.25) is 0 Å². The summed E-state index contributed by atoms with van der Waals surface area (Å²) in [6.07, 6.45) is 9.08. The summed E-state index contributed by atoms with van der Waals surface area (Å²) >= 11 is 0. The van der Waals surface area contributed by atoms with Crippen molar-refractivity contribution in [3.05, 3.63) is 77.7 Å². The molecule has 2 fully saturated rings. The van der Waals surface area contributed by atoms with Gasteiger partial charge in [-0.25, -0.2) is 23.2 Å². The minimum Gasteiger partial charge on any atom is -0.618 e. The zero-order chi connectivity index (χ0) is 29.4. The Morgan fingerprint density at radius 3 is 2.69 bits per heavy atom. The van der Waals surface area contributed by atoms with Crippen molar-refractivity contribution in [2.24, 2.45) is 0 Å². The van der Waals surface area contributed by atoms with Crippen LogP contribution in [0.4, 0.5) is 4.79 Å². The molecule has 1 unspecified atom stereocenters. The Morgan fingerprint density at radius 2 is 1.98 bits per heavy atom. The van der Waals surface area contributed by atoms with Gasteiger partial charge in [-0.1, -0.05) is 5.92 Å². The van der Waals surface area contributed by atoms with Crippen LogP contribution in [0, 0.1) is 17.6 Å². The first-order chi connectivity index (χ1) is 20.2. The molecule has 1 aromatic carbocycles. The summed E-state index contributed by atoms with van der Waals surface area (Å²) < 4.78 is 34.4. The number of fused-ring (bicyclic) bond motifs is 1. The first-order valence-corrected chi connectivity index (χ1v) is 14.5. The highest BCUT2D eigenvalue weighted by Crippen LogP contribution is 2.26. The number of carbonyl (C=O) groups excluding carboxylic acids is 2. The molecule has 0 bridgehead atoms. The standard InChI is InChI=1S/C28H25N7O6S/c1-2-19-6-7-23-20(13-19)14-25(31-23)42(39,40)33-9-10-34(22(18-33)17-32-11-12-41-28(32)37)27(36)26-29-15-21(16-30-26)24-5-3-4-8-35(24)38/h1,3-8,13-16,22,31H,9-12,17-18H2. The van der Waals surface area contributed by atoms with Crippen molar-refractivity contribution < 1.29 is 27.5 Å². The summed E-state index contributed by atoms with van der Waals surface area (Å²) in [7, 11) is -3.99. The number of nitrogens with zero attached hydrogens (tertiary/aromatic N) is 6. The number of pyridine rings is 1. The molecule has 4 aromatic rings. The van der Waals surface area contributed by atoms with E-state index < -0.39 is 28.1 Å². The average Bonchev–Trinajstić information content (AvgIpc) is 3.63. The fourth-order valence-electron chi connectivity index (χ4n) is 5.14. The summed E-state index contributed by atoms with van der Waals surface area (Å²) in [4.78, 5) is 40.1. The molecule has 2 aliphatic rings. The van der Waals surface area contributed by atoms with Gasteiger partial charge in [-0.3, -0.25) is 4.79 Å². The Balaban J connectivity index is 1.26. The van der Waals surface area contributed by atoms with Gasteiger partial charge in [0, 0.05) is 67.2 Å². The minimum absolute atomic E-state index is 0.00114. The van der Waals surface area contributed by atoms with Gasteiger partial charge in [0.05, 0.1) is 18.2 Å². The van der Waals surface area contributed by atoms with E-state index in [-0.39, 0.29) is 43.6 Å². The zero-order valence-electron chi connectivity index (χ0n) is 22.2. The number of cyclic esters (lactones) is 1. The molecule has 0 radical (unpaired) electrons. The van der Waals surface area contributed by atoms with Crippen molar-refractivity contribution >= 4 is 32.9 Å². The van der Waals surface area contributed by atoms with E-state index in [0.29, 0.717) is 39.0 Å². The monoisotopic (exact) mass is 587 g/mol. The Labute approximate surface area is 241 Å². The van der Waals surface area contributed by atoms with E-state index in [4.69, 9.17) is 11.2 Å². The number of H-pyrrole nitrogens is 1. The van der Waals surface area contributed by atoms with E-state index >= 15 is 0 Å². The maximum Gasteiger partial charge on any atom is 0.410 e. The van der Waals surface area contributed by atoms with Crippen LogP contribution in [0.3, 0.4) is 0 Å². The molecule has 0 spiro atoms. The second-order valence-electron chi connectivity index (χ2n) is 9.86. The van der Waals surface area contributed by atoms with Crippen molar-refractivity contribution in [2.45, 2.75) is 11.1 Å². The number of amides is 2. The summed E-state index contributed by atoms with van der Waals surface area (Å²) in [5, 5.41) is 12.8. The van der Waals surface area contributed by atoms with Gasteiger partial charge in [0.2, 0.25) is 11.5 Å². The number of rotatable bonds is 6. The third kappa shape index (κ3) is 5.00. The van der Waals surface area contributed by atoms with Crippen LogP contribution >= 0.6 is 0 Å². The van der Waals surface area contributed by atoms with E-state index in [1.54, 1.807) is 36.4 Å². The first-order valence-electron chi connectivity index (χ1n) is 13.1. The average molecular weight is 588 g/mol. The summed E-state index contributed by atoms with van der Waals surface area (Å²) in [6.45, 7) is 0.574. The van der Waals surface area contributed by atoms with Crippen molar-refractivity contribution in [1.82, 2.24) is 29.1 Å². The van der Waals surface area contributed by atoms with Crippen LogP contribution < -0.4 is 4.73 Å². The molecule has 0 saturated carbocycles. The van der Waals surface area contributed by atoms with Crippen LogP contribution in [-0.4, -0.2) is 94.8 Å². The third-order valence-corrected chi connectivity index (χ3v) is 9.11. The lowest BCUT2D eigenvalue weighted by Crippen LogP contribution is -2.60. The van der Waals surface area contributed by atoms with Gasteiger partial charge in [0.1, 0.15) is 11.6 Å². The number of aromatic amines is 1. The fraction of sp³-hybridized carbons (Fsp3) is 0.250. The highest BCUT2D eigenvalue weighted by molar-refractivity contribution is 7.89. The lowest BCUT2D eigenvalue weighted by molar-refractivity contribution is -0.593. The molecule has 0 aliphatic carbocycles. The first kappa shape index (κ1) is 27.2. The van der Waals surface area contributed by atoms with E-state index in [1.165, 1.54) is 38.8 Å². The maximum atomic E-state index is 13.7. The van der Waals surface area contributed by atoms with Crippen LogP contribution in [0.1, 0.15) is 16.2 Å². The van der Waals surface area contributed by atoms with Gasteiger partial charge < -0.3 is 24.7 Å². The molecular weight excluding hydrogens is 562 g/mol. The number of piperazine rings is 1. The normalized spacial score (nSPS) is 17.8. The van der Waals surface area contributed by atoms with Crippen LogP contribution in [0.15, 0.2) is 66.1 Å². The quantitative estimate of drug-likeness (QED) is 0.201. The lowest BCUT2D eigenvalue weighted by Gasteiger charge is -2.41. The van der Waals surface area contributed by atoms with E-state index in [2.05, 4.69) is 20.9 Å². The topological polar surface area (TPSA) is 156 Å². The number of hydrogen-bond acceptors (Lipinski definition) is 8. The predicted octanol–water partition coefficient (Wildman–Crippen LogP) is 1.21. The molecule has 5 heterocycles. The smallest absolute Gasteiger partial charge is 0.410 e. The number of aromatic nitrogens is 4. The van der Waals surface area contributed by atoms with Gasteiger partial charge in [0.25, 0.3) is 15.9 Å². The summed E-state index contributed by atoms with van der Waals surface area (Å²) in [6, 6.07) is 10.9. The number of ether oxygens (including phenoxy) is 1.